The lowest BCUT2D eigenvalue weighted by molar-refractivity contribution is 0.0939. The van der Waals surface area contributed by atoms with Crippen molar-refractivity contribution in [3.8, 4) is 0 Å². The number of carbonyl (C=O) groups excluding carboxylic acids is 1. The zero-order valence-corrected chi connectivity index (χ0v) is 11.4. The van der Waals surface area contributed by atoms with Gasteiger partial charge in [-0.3, -0.25) is 9.89 Å². The first-order chi connectivity index (χ1) is 7.66. The number of thiophene rings is 1. The molecule has 0 aliphatic rings. The Balaban J connectivity index is 2.03. The molecule has 0 bridgehead atoms. The molecule has 1 unspecified atom stereocenters. The van der Waals surface area contributed by atoms with Crippen LogP contribution in [0.15, 0.2) is 17.8 Å². The highest BCUT2D eigenvalue weighted by molar-refractivity contribution is 14.1. The first-order valence-corrected chi connectivity index (χ1v) is 6.53. The number of halogens is 1. The summed E-state index contributed by atoms with van der Waals surface area (Å²) in [6.45, 7) is 1.86. The number of carbonyl (C=O) groups is 1. The van der Waals surface area contributed by atoms with Gasteiger partial charge in [-0.25, -0.2) is 4.98 Å². The van der Waals surface area contributed by atoms with Gasteiger partial charge in [0.2, 0.25) is 0 Å². The molecular formula is C9H9IN4OS. The van der Waals surface area contributed by atoms with Crippen LogP contribution < -0.4 is 5.32 Å². The van der Waals surface area contributed by atoms with E-state index in [0.717, 1.165) is 2.88 Å². The van der Waals surface area contributed by atoms with Crippen molar-refractivity contribution >= 4 is 39.8 Å². The Labute approximate surface area is 110 Å². The second kappa shape index (κ2) is 4.91. The molecule has 2 rings (SSSR count). The third-order valence-corrected chi connectivity index (χ3v) is 3.81. The third kappa shape index (κ3) is 2.59. The Morgan fingerprint density at radius 3 is 3.06 bits per heavy atom. The molecule has 0 aliphatic carbocycles. The molecule has 1 amide bonds. The van der Waals surface area contributed by atoms with Crippen LogP contribution in [0.2, 0.25) is 0 Å². The third-order valence-electron chi connectivity index (χ3n) is 2.02. The van der Waals surface area contributed by atoms with E-state index in [1.165, 1.54) is 6.33 Å². The van der Waals surface area contributed by atoms with Gasteiger partial charge in [0.15, 0.2) is 0 Å². The van der Waals surface area contributed by atoms with Crippen molar-refractivity contribution in [1.82, 2.24) is 20.5 Å². The van der Waals surface area contributed by atoms with E-state index < -0.39 is 0 Å². The molecule has 0 aromatic carbocycles. The molecular weight excluding hydrogens is 339 g/mol. The van der Waals surface area contributed by atoms with Crippen molar-refractivity contribution < 1.29 is 4.79 Å². The maximum atomic E-state index is 11.8. The van der Waals surface area contributed by atoms with E-state index in [4.69, 9.17) is 0 Å². The number of hydrogen-bond donors (Lipinski definition) is 2. The van der Waals surface area contributed by atoms with Crippen LogP contribution in [0.25, 0.3) is 0 Å². The SMILES string of the molecule is CC(NC(=O)c1csc(I)c1)c1ncn[nH]1. The summed E-state index contributed by atoms with van der Waals surface area (Å²) >= 11 is 3.74. The molecule has 1 atom stereocenters. The lowest BCUT2D eigenvalue weighted by Crippen LogP contribution is -2.27. The highest BCUT2D eigenvalue weighted by atomic mass is 127. The minimum atomic E-state index is -0.174. The monoisotopic (exact) mass is 348 g/mol. The molecule has 16 heavy (non-hydrogen) atoms. The zero-order chi connectivity index (χ0) is 11.5. The van der Waals surface area contributed by atoms with Crippen LogP contribution in [0.1, 0.15) is 29.1 Å². The Morgan fingerprint density at radius 1 is 1.69 bits per heavy atom. The van der Waals surface area contributed by atoms with Crippen molar-refractivity contribution in [1.29, 1.82) is 0 Å². The topological polar surface area (TPSA) is 70.7 Å². The number of nitrogens with one attached hydrogen (secondary N) is 2. The van der Waals surface area contributed by atoms with Gasteiger partial charge in [0.05, 0.1) is 14.5 Å². The van der Waals surface area contributed by atoms with E-state index in [-0.39, 0.29) is 11.9 Å². The minimum Gasteiger partial charge on any atom is -0.342 e. The van der Waals surface area contributed by atoms with Crippen LogP contribution in [0.5, 0.6) is 0 Å². The van der Waals surface area contributed by atoms with Gasteiger partial charge in [0, 0.05) is 5.38 Å². The van der Waals surface area contributed by atoms with E-state index in [9.17, 15) is 4.79 Å². The van der Waals surface area contributed by atoms with Gasteiger partial charge in [-0.15, -0.1) is 11.3 Å². The van der Waals surface area contributed by atoms with Gasteiger partial charge in [-0.2, -0.15) is 5.10 Å². The Kier molecular flexibility index (Phi) is 3.54. The van der Waals surface area contributed by atoms with Crippen molar-refractivity contribution in [3.63, 3.8) is 0 Å². The predicted molar refractivity (Wildman–Crippen MR) is 69.3 cm³/mol. The molecule has 2 aromatic rings. The van der Waals surface area contributed by atoms with Crippen LogP contribution in [0.4, 0.5) is 0 Å². The maximum absolute atomic E-state index is 11.8. The fourth-order valence-electron chi connectivity index (χ4n) is 1.20. The number of rotatable bonds is 3. The van der Waals surface area contributed by atoms with Crippen molar-refractivity contribution in [2.24, 2.45) is 0 Å². The number of H-pyrrole nitrogens is 1. The largest absolute Gasteiger partial charge is 0.342 e. The summed E-state index contributed by atoms with van der Waals surface area (Å²) in [7, 11) is 0. The van der Waals surface area contributed by atoms with Gasteiger partial charge in [-0.05, 0) is 35.6 Å². The van der Waals surface area contributed by atoms with Crippen LogP contribution in [-0.2, 0) is 0 Å². The van der Waals surface area contributed by atoms with Crippen LogP contribution >= 0.6 is 33.9 Å². The van der Waals surface area contributed by atoms with Crippen molar-refractivity contribution in [3.05, 3.63) is 32.0 Å². The van der Waals surface area contributed by atoms with E-state index in [2.05, 4.69) is 43.1 Å². The minimum absolute atomic E-state index is 0.0944. The van der Waals surface area contributed by atoms with E-state index in [1.54, 1.807) is 11.3 Å². The fraction of sp³-hybridized carbons (Fsp3) is 0.222. The van der Waals surface area contributed by atoms with Crippen LogP contribution in [-0.4, -0.2) is 21.1 Å². The Hall–Kier alpha value is -0.960. The Morgan fingerprint density at radius 2 is 2.50 bits per heavy atom. The zero-order valence-electron chi connectivity index (χ0n) is 8.40. The first-order valence-electron chi connectivity index (χ1n) is 4.57. The maximum Gasteiger partial charge on any atom is 0.252 e. The van der Waals surface area contributed by atoms with Crippen LogP contribution in [0, 0.1) is 2.88 Å². The molecule has 0 saturated carbocycles. The van der Waals surface area contributed by atoms with Crippen molar-refractivity contribution in [2.45, 2.75) is 13.0 Å². The number of hydrogen-bond acceptors (Lipinski definition) is 4. The molecule has 2 aromatic heterocycles. The smallest absolute Gasteiger partial charge is 0.252 e. The molecule has 0 radical (unpaired) electrons. The quantitative estimate of drug-likeness (QED) is 0.833. The summed E-state index contributed by atoms with van der Waals surface area (Å²) in [5, 5.41) is 11.1. The lowest BCUT2D eigenvalue weighted by Gasteiger charge is -2.09. The summed E-state index contributed by atoms with van der Waals surface area (Å²) in [4.78, 5) is 15.8. The number of aromatic amines is 1. The summed E-state index contributed by atoms with van der Waals surface area (Å²) in [6.07, 6.45) is 1.42. The van der Waals surface area contributed by atoms with E-state index >= 15 is 0 Å². The molecule has 0 aliphatic heterocycles. The van der Waals surface area contributed by atoms with E-state index in [1.807, 2.05) is 18.4 Å². The number of nitrogens with zero attached hydrogens (tertiary/aromatic N) is 2. The lowest BCUT2D eigenvalue weighted by atomic mass is 10.2. The number of amides is 1. The van der Waals surface area contributed by atoms with Gasteiger partial charge in [-0.1, -0.05) is 0 Å². The summed E-state index contributed by atoms with van der Waals surface area (Å²) in [6, 6.07) is 1.68. The fourth-order valence-corrected chi connectivity index (χ4v) is 2.53. The molecule has 84 valence electrons. The van der Waals surface area contributed by atoms with Crippen LogP contribution in [0.3, 0.4) is 0 Å². The summed E-state index contributed by atoms with van der Waals surface area (Å²) in [5.41, 5.74) is 0.681. The Bertz CT molecular complexity index is 481. The predicted octanol–water partition coefficient (Wildman–Crippen LogP) is 1.96. The van der Waals surface area contributed by atoms with Crippen molar-refractivity contribution in [2.75, 3.05) is 0 Å². The molecule has 7 heteroatoms. The molecule has 2 N–H and O–H groups in total. The second-order valence-corrected chi connectivity index (χ2v) is 6.01. The van der Waals surface area contributed by atoms with Gasteiger partial charge in [0.1, 0.15) is 12.2 Å². The molecule has 0 fully saturated rings. The second-order valence-electron chi connectivity index (χ2n) is 3.21. The van der Waals surface area contributed by atoms with Gasteiger partial charge < -0.3 is 5.32 Å². The number of aromatic nitrogens is 3. The standard InChI is InChI=1S/C9H9IN4OS/c1-5(8-11-4-12-14-8)13-9(15)6-2-7(10)16-3-6/h2-5H,1H3,(H,13,15)(H,11,12,14). The highest BCUT2D eigenvalue weighted by Gasteiger charge is 2.14. The average molecular weight is 348 g/mol. The molecule has 0 saturated heterocycles. The van der Waals surface area contributed by atoms with E-state index in [0.29, 0.717) is 11.4 Å². The molecule has 5 nitrogen and oxygen atoms in total. The van der Waals surface area contributed by atoms with Gasteiger partial charge >= 0.3 is 0 Å². The average Bonchev–Trinajstić information content (AvgIpc) is 2.87. The summed E-state index contributed by atoms with van der Waals surface area (Å²) in [5.74, 6) is 0.557. The summed E-state index contributed by atoms with van der Waals surface area (Å²) < 4.78 is 1.09. The normalized spacial score (nSPS) is 12.4. The molecule has 2 heterocycles. The van der Waals surface area contributed by atoms with Gasteiger partial charge in [0.25, 0.3) is 5.91 Å². The highest BCUT2D eigenvalue weighted by Crippen LogP contribution is 2.17. The molecule has 0 spiro atoms. The first kappa shape index (κ1) is 11.5.